The van der Waals surface area contributed by atoms with Crippen LogP contribution < -0.4 is 10.0 Å². The maximum atomic E-state index is 12.7. The number of hydrogen-bond donors (Lipinski definition) is 3. The van der Waals surface area contributed by atoms with E-state index < -0.39 is 10.0 Å². The average Bonchev–Trinajstić information content (AvgIpc) is 3.44. The number of aromatic amines is 1. The molecule has 0 atom stereocenters. The van der Waals surface area contributed by atoms with E-state index >= 15 is 0 Å². The fraction of sp³-hybridized carbons (Fsp3) is 0.190. The summed E-state index contributed by atoms with van der Waals surface area (Å²) in [5.74, 6) is 0. The van der Waals surface area contributed by atoms with Gasteiger partial charge in [0.15, 0.2) is 0 Å². The molecule has 0 amide bonds. The molecule has 0 radical (unpaired) electrons. The van der Waals surface area contributed by atoms with Crippen molar-refractivity contribution < 1.29 is 8.42 Å². The van der Waals surface area contributed by atoms with Gasteiger partial charge in [-0.2, -0.15) is 5.26 Å². The van der Waals surface area contributed by atoms with Gasteiger partial charge in [0, 0.05) is 41.4 Å². The maximum absolute atomic E-state index is 12.7. The van der Waals surface area contributed by atoms with Crippen molar-refractivity contribution in [1.82, 2.24) is 19.7 Å². The van der Waals surface area contributed by atoms with Crippen molar-refractivity contribution in [3.63, 3.8) is 0 Å². The molecule has 3 N–H and O–H groups in total. The standard InChI is InChI=1S/C21H18N6O2S2/c22-11-13-2-1-3-16(8-13)31(28,29)27-15-9-14(10-15)26-19-17-4-5-23-20(17)25-12-18(19)21-24-6-7-30-21/h1-8,12,14-15,27H,9-10H2,(H2,23,25,26)/t14-,15+. The number of benzene rings is 1. The Hall–Kier alpha value is -3.26. The second kappa shape index (κ2) is 7.77. The molecule has 3 aromatic heterocycles. The van der Waals surface area contributed by atoms with Crippen LogP contribution in [0.2, 0.25) is 0 Å². The number of fused-ring (bicyclic) bond motifs is 1. The molecule has 0 saturated heterocycles. The van der Waals surface area contributed by atoms with Gasteiger partial charge in [0.1, 0.15) is 10.7 Å². The van der Waals surface area contributed by atoms with E-state index in [9.17, 15) is 8.42 Å². The molecule has 10 heteroatoms. The highest BCUT2D eigenvalue weighted by molar-refractivity contribution is 7.89. The van der Waals surface area contributed by atoms with Crippen molar-refractivity contribution in [2.45, 2.75) is 29.8 Å². The molecule has 1 fully saturated rings. The lowest BCUT2D eigenvalue weighted by Crippen LogP contribution is -2.49. The van der Waals surface area contributed by atoms with Gasteiger partial charge in [-0.1, -0.05) is 6.07 Å². The summed E-state index contributed by atoms with van der Waals surface area (Å²) in [5, 5.41) is 16.4. The molecule has 31 heavy (non-hydrogen) atoms. The monoisotopic (exact) mass is 450 g/mol. The number of H-pyrrole nitrogens is 1. The molecule has 1 aliphatic carbocycles. The number of nitrogens with one attached hydrogen (secondary N) is 3. The lowest BCUT2D eigenvalue weighted by molar-refractivity contribution is 0.346. The molecule has 3 heterocycles. The fourth-order valence-corrected chi connectivity index (χ4v) is 5.70. The summed E-state index contributed by atoms with van der Waals surface area (Å²) < 4.78 is 28.1. The molecule has 0 aliphatic heterocycles. The summed E-state index contributed by atoms with van der Waals surface area (Å²) in [6.45, 7) is 0. The Morgan fingerprint density at radius 2 is 2.06 bits per heavy atom. The van der Waals surface area contributed by atoms with Gasteiger partial charge in [0.2, 0.25) is 10.0 Å². The molecule has 8 nitrogen and oxygen atoms in total. The fourth-order valence-electron chi connectivity index (χ4n) is 3.74. The number of nitriles is 1. The van der Waals surface area contributed by atoms with E-state index in [2.05, 4.69) is 25.0 Å². The number of anilines is 1. The minimum atomic E-state index is -3.67. The lowest BCUT2D eigenvalue weighted by atomic mass is 9.87. The quantitative estimate of drug-likeness (QED) is 0.413. The van der Waals surface area contributed by atoms with Gasteiger partial charge in [-0.25, -0.2) is 23.1 Å². The molecule has 0 unspecified atom stereocenters. The summed E-state index contributed by atoms with van der Waals surface area (Å²) in [5.41, 5.74) is 2.99. The van der Waals surface area contributed by atoms with E-state index in [1.165, 1.54) is 12.1 Å². The van der Waals surface area contributed by atoms with E-state index in [1.54, 1.807) is 35.9 Å². The number of sulfonamides is 1. The summed E-state index contributed by atoms with van der Waals surface area (Å²) in [6.07, 6.45) is 6.73. The molecular formula is C21H18N6O2S2. The van der Waals surface area contributed by atoms with Crippen molar-refractivity contribution in [2.75, 3.05) is 5.32 Å². The van der Waals surface area contributed by atoms with Crippen molar-refractivity contribution in [3.05, 3.63) is 59.9 Å². The van der Waals surface area contributed by atoms with Crippen LogP contribution in [0.1, 0.15) is 18.4 Å². The minimum absolute atomic E-state index is 0.109. The van der Waals surface area contributed by atoms with Crippen molar-refractivity contribution in [2.24, 2.45) is 0 Å². The van der Waals surface area contributed by atoms with Gasteiger partial charge in [0.05, 0.1) is 27.8 Å². The van der Waals surface area contributed by atoms with Crippen LogP contribution in [0.5, 0.6) is 0 Å². The Morgan fingerprint density at radius 1 is 1.19 bits per heavy atom. The topological polar surface area (TPSA) is 124 Å². The first-order valence-corrected chi connectivity index (χ1v) is 12.0. The van der Waals surface area contributed by atoms with Crippen molar-refractivity contribution in [1.29, 1.82) is 5.26 Å². The Balaban J connectivity index is 1.31. The first-order valence-electron chi connectivity index (χ1n) is 9.68. The molecule has 4 aromatic rings. The van der Waals surface area contributed by atoms with Crippen molar-refractivity contribution in [3.8, 4) is 16.6 Å². The average molecular weight is 451 g/mol. The SMILES string of the molecule is N#Cc1cccc(S(=O)(=O)N[C@H]2C[C@@H](Nc3c(-c4nccs4)cnc4[nH]ccc34)C2)c1. The zero-order valence-electron chi connectivity index (χ0n) is 16.2. The summed E-state index contributed by atoms with van der Waals surface area (Å²) in [7, 11) is -3.67. The molecule has 5 rings (SSSR count). The van der Waals surface area contributed by atoms with Crippen LogP contribution in [-0.2, 0) is 10.0 Å². The predicted molar refractivity (Wildman–Crippen MR) is 119 cm³/mol. The Morgan fingerprint density at radius 3 is 2.84 bits per heavy atom. The molecule has 1 saturated carbocycles. The predicted octanol–water partition coefficient (Wildman–Crippen LogP) is 3.48. The van der Waals surface area contributed by atoms with E-state index in [-0.39, 0.29) is 17.0 Å². The van der Waals surface area contributed by atoms with Gasteiger partial charge in [-0.05, 0) is 37.1 Å². The zero-order chi connectivity index (χ0) is 21.4. The van der Waals surface area contributed by atoms with Crippen molar-refractivity contribution >= 4 is 38.1 Å². The van der Waals surface area contributed by atoms with Crippen LogP contribution in [0.3, 0.4) is 0 Å². The highest BCUT2D eigenvalue weighted by atomic mass is 32.2. The smallest absolute Gasteiger partial charge is 0.240 e. The van der Waals surface area contributed by atoms with Gasteiger partial charge >= 0.3 is 0 Å². The van der Waals surface area contributed by atoms with E-state index in [4.69, 9.17) is 5.26 Å². The number of nitrogens with zero attached hydrogens (tertiary/aromatic N) is 3. The number of hydrogen-bond acceptors (Lipinski definition) is 7. The molecule has 156 valence electrons. The molecule has 1 aromatic carbocycles. The Labute approximate surface area is 183 Å². The van der Waals surface area contributed by atoms with Crippen LogP contribution in [0.4, 0.5) is 5.69 Å². The molecular weight excluding hydrogens is 432 g/mol. The Kier molecular flexibility index (Phi) is 4.94. The van der Waals surface area contributed by atoms with E-state index in [1.807, 2.05) is 23.7 Å². The second-order valence-corrected chi connectivity index (χ2v) is 10.0. The second-order valence-electron chi connectivity index (χ2n) is 7.39. The Bertz CT molecular complexity index is 1380. The van der Waals surface area contributed by atoms with Gasteiger partial charge in [-0.3, -0.25) is 0 Å². The van der Waals surface area contributed by atoms with Crippen LogP contribution in [0.15, 0.2) is 59.2 Å². The minimum Gasteiger partial charge on any atom is -0.381 e. The molecule has 1 aliphatic rings. The highest BCUT2D eigenvalue weighted by Crippen LogP contribution is 2.37. The first kappa shape index (κ1) is 19.7. The molecule has 0 bridgehead atoms. The van der Waals surface area contributed by atoms with Crippen LogP contribution >= 0.6 is 11.3 Å². The van der Waals surface area contributed by atoms with Gasteiger partial charge < -0.3 is 10.3 Å². The summed E-state index contributed by atoms with van der Waals surface area (Å²) in [6, 6.07) is 9.94. The number of thiazole rings is 1. The maximum Gasteiger partial charge on any atom is 0.240 e. The van der Waals surface area contributed by atoms with Crippen LogP contribution in [0.25, 0.3) is 21.6 Å². The molecule has 0 spiro atoms. The number of rotatable bonds is 6. The lowest BCUT2D eigenvalue weighted by Gasteiger charge is -2.37. The normalized spacial score (nSPS) is 18.4. The third-order valence-electron chi connectivity index (χ3n) is 5.33. The largest absolute Gasteiger partial charge is 0.381 e. The van der Waals surface area contributed by atoms with Crippen LogP contribution in [-0.4, -0.2) is 35.5 Å². The van der Waals surface area contributed by atoms with E-state index in [0.29, 0.717) is 18.4 Å². The van der Waals surface area contributed by atoms with Crippen LogP contribution in [0, 0.1) is 11.3 Å². The third-order valence-corrected chi connectivity index (χ3v) is 7.66. The summed E-state index contributed by atoms with van der Waals surface area (Å²) >= 11 is 1.55. The van der Waals surface area contributed by atoms with Gasteiger partial charge in [-0.15, -0.1) is 11.3 Å². The number of aromatic nitrogens is 3. The van der Waals surface area contributed by atoms with Gasteiger partial charge in [0.25, 0.3) is 0 Å². The third kappa shape index (κ3) is 3.79. The highest BCUT2D eigenvalue weighted by Gasteiger charge is 2.33. The summed E-state index contributed by atoms with van der Waals surface area (Å²) in [4.78, 5) is 12.1. The van der Waals surface area contributed by atoms with E-state index in [0.717, 1.165) is 27.3 Å². The zero-order valence-corrected chi connectivity index (χ0v) is 17.9. The number of pyridine rings is 1. The first-order chi connectivity index (χ1) is 15.0.